The van der Waals surface area contributed by atoms with E-state index in [1.165, 1.54) is 0 Å². The average molecular weight is 398 g/mol. The van der Waals surface area contributed by atoms with Gasteiger partial charge in [0.25, 0.3) is 0 Å². The normalized spacial score (nSPS) is 35.8. The molecule has 0 radical (unpaired) electrons. The lowest BCUT2D eigenvalue weighted by atomic mass is 9.91. The SMILES string of the molecule is CC1(C)O[C@H]2O[C@H](COC(=O)c3ccccc3)[C@@]3(OS(=O)(=O)N=C3N)[C@H]2O1. The van der Waals surface area contributed by atoms with Crippen molar-refractivity contribution in [3.05, 3.63) is 35.9 Å². The molecule has 3 aliphatic rings. The van der Waals surface area contributed by atoms with E-state index in [4.69, 9.17) is 28.9 Å². The summed E-state index contributed by atoms with van der Waals surface area (Å²) in [6.45, 7) is 2.95. The van der Waals surface area contributed by atoms with Crippen LogP contribution in [0, 0.1) is 0 Å². The van der Waals surface area contributed by atoms with Gasteiger partial charge in [-0.25, -0.2) is 8.98 Å². The molecule has 10 nitrogen and oxygen atoms in total. The number of fused-ring (bicyclic) bond motifs is 2. The van der Waals surface area contributed by atoms with Crippen LogP contribution in [0.3, 0.4) is 0 Å². The molecule has 0 amide bonds. The first-order chi connectivity index (χ1) is 12.6. The fourth-order valence-corrected chi connectivity index (χ4v) is 4.43. The molecule has 1 aromatic carbocycles. The molecule has 0 aliphatic carbocycles. The van der Waals surface area contributed by atoms with Gasteiger partial charge in [0.05, 0.1) is 5.56 Å². The highest BCUT2D eigenvalue weighted by molar-refractivity contribution is 7.85. The predicted molar refractivity (Wildman–Crippen MR) is 89.8 cm³/mol. The number of nitrogens with zero attached hydrogens (tertiary/aromatic N) is 1. The van der Waals surface area contributed by atoms with Gasteiger partial charge in [-0.05, 0) is 26.0 Å². The van der Waals surface area contributed by atoms with Gasteiger partial charge in [0.1, 0.15) is 12.7 Å². The van der Waals surface area contributed by atoms with Crippen molar-refractivity contribution < 1.29 is 36.3 Å². The van der Waals surface area contributed by atoms with Gasteiger partial charge in [-0.2, -0.15) is 8.42 Å². The van der Waals surface area contributed by atoms with Crippen molar-refractivity contribution in [3.8, 4) is 0 Å². The molecule has 2 fully saturated rings. The number of nitrogens with two attached hydrogens (primary N) is 1. The maximum atomic E-state index is 12.2. The molecule has 0 saturated carbocycles. The highest BCUT2D eigenvalue weighted by atomic mass is 32.2. The molecule has 4 atom stereocenters. The van der Waals surface area contributed by atoms with Crippen LogP contribution in [0.1, 0.15) is 24.2 Å². The molecule has 4 rings (SSSR count). The first-order valence-corrected chi connectivity index (χ1v) is 9.54. The number of carbonyl (C=O) groups is 1. The Balaban J connectivity index is 1.59. The number of benzene rings is 1. The number of hydrogen-bond donors (Lipinski definition) is 1. The third kappa shape index (κ3) is 3.01. The second-order valence-electron chi connectivity index (χ2n) is 6.79. The Bertz CT molecular complexity index is 900. The van der Waals surface area contributed by atoms with Crippen molar-refractivity contribution in [1.82, 2.24) is 0 Å². The van der Waals surface area contributed by atoms with Gasteiger partial charge >= 0.3 is 16.3 Å². The van der Waals surface area contributed by atoms with E-state index in [1.807, 2.05) is 0 Å². The molecule has 3 aliphatic heterocycles. The Morgan fingerprint density at radius 2 is 1.96 bits per heavy atom. The molecule has 11 heteroatoms. The first kappa shape index (κ1) is 18.3. The van der Waals surface area contributed by atoms with Crippen LogP contribution in [0.25, 0.3) is 0 Å². The summed E-state index contributed by atoms with van der Waals surface area (Å²) in [5.74, 6) is -1.98. The van der Waals surface area contributed by atoms with E-state index in [-0.39, 0.29) is 12.4 Å². The lowest BCUT2D eigenvalue weighted by molar-refractivity contribution is -0.221. The van der Waals surface area contributed by atoms with E-state index in [1.54, 1.807) is 44.2 Å². The summed E-state index contributed by atoms with van der Waals surface area (Å²) in [6.07, 6.45) is -3.03. The molecule has 1 spiro atoms. The van der Waals surface area contributed by atoms with Crippen molar-refractivity contribution in [3.63, 3.8) is 0 Å². The maximum Gasteiger partial charge on any atom is 0.383 e. The van der Waals surface area contributed by atoms with Gasteiger partial charge in [-0.15, -0.1) is 4.40 Å². The van der Waals surface area contributed by atoms with Crippen molar-refractivity contribution in [2.45, 2.75) is 43.7 Å². The number of hydrogen-bond acceptors (Lipinski definition) is 9. The summed E-state index contributed by atoms with van der Waals surface area (Å²) in [5, 5.41) is 0. The monoisotopic (exact) mass is 398 g/mol. The van der Waals surface area contributed by atoms with Gasteiger partial charge in [-0.1, -0.05) is 18.2 Å². The Kier molecular flexibility index (Phi) is 4.05. The topological polar surface area (TPSA) is 136 Å². The number of rotatable bonds is 3. The van der Waals surface area contributed by atoms with Crippen LogP contribution in [-0.4, -0.2) is 56.7 Å². The molecule has 0 bridgehead atoms. The second-order valence-corrected chi connectivity index (χ2v) is 8.00. The first-order valence-electron chi connectivity index (χ1n) is 8.18. The summed E-state index contributed by atoms with van der Waals surface area (Å²) in [6, 6.07) is 8.32. The van der Waals surface area contributed by atoms with Gasteiger partial charge in [-0.3, -0.25) is 0 Å². The summed E-state index contributed by atoms with van der Waals surface area (Å²) < 4.78 is 54.8. The van der Waals surface area contributed by atoms with Crippen LogP contribution in [-0.2, 0) is 33.4 Å². The number of amidine groups is 1. The van der Waals surface area contributed by atoms with Crippen LogP contribution >= 0.6 is 0 Å². The van der Waals surface area contributed by atoms with E-state index in [9.17, 15) is 13.2 Å². The van der Waals surface area contributed by atoms with E-state index >= 15 is 0 Å². The smallest absolute Gasteiger partial charge is 0.383 e. The lowest BCUT2D eigenvalue weighted by Crippen LogP contribution is -2.59. The third-order valence-electron chi connectivity index (χ3n) is 4.49. The summed E-state index contributed by atoms with van der Waals surface area (Å²) >= 11 is 0. The Morgan fingerprint density at radius 3 is 2.59 bits per heavy atom. The zero-order valence-electron chi connectivity index (χ0n) is 14.5. The highest BCUT2D eigenvalue weighted by Gasteiger charge is 2.71. The predicted octanol–water partition coefficient (Wildman–Crippen LogP) is 0.0908. The summed E-state index contributed by atoms with van der Waals surface area (Å²) in [4.78, 5) is 12.2. The van der Waals surface area contributed by atoms with E-state index in [0.717, 1.165) is 0 Å². The van der Waals surface area contributed by atoms with Crippen molar-refractivity contribution in [1.29, 1.82) is 0 Å². The quantitative estimate of drug-likeness (QED) is 0.703. The minimum atomic E-state index is -4.28. The highest BCUT2D eigenvalue weighted by Crippen LogP contribution is 2.48. The third-order valence-corrected chi connectivity index (χ3v) is 5.39. The van der Waals surface area contributed by atoms with Crippen LogP contribution in [0.2, 0.25) is 0 Å². The standard InChI is InChI=1S/C16H18N2O8S/c1-15(2)24-11-13(25-15)23-10(16(11)14(17)18-27(20,21)26-16)8-22-12(19)9-6-4-3-5-7-9/h3-7,10-11,13H,8H2,1-2H3,(H2,17,18)/t10-,11+,13-,16-/m1/s1. The summed E-state index contributed by atoms with van der Waals surface area (Å²) in [5.41, 5.74) is 4.46. The largest absolute Gasteiger partial charge is 0.459 e. The minimum Gasteiger partial charge on any atom is -0.459 e. The number of esters is 1. The second kappa shape index (κ2) is 5.97. The molecule has 0 aromatic heterocycles. The van der Waals surface area contributed by atoms with Crippen LogP contribution in [0.15, 0.2) is 34.7 Å². The van der Waals surface area contributed by atoms with Gasteiger partial charge < -0.3 is 24.7 Å². The fraction of sp³-hybridized carbons (Fsp3) is 0.500. The number of ether oxygens (including phenoxy) is 4. The van der Waals surface area contributed by atoms with Crippen molar-refractivity contribution in [2.24, 2.45) is 10.1 Å². The molecule has 2 N–H and O–H groups in total. The minimum absolute atomic E-state index is 0.333. The van der Waals surface area contributed by atoms with Gasteiger partial charge in [0, 0.05) is 0 Å². The summed E-state index contributed by atoms with van der Waals surface area (Å²) in [7, 11) is -4.28. The molecule has 1 aromatic rings. The van der Waals surface area contributed by atoms with Crippen molar-refractivity contribution in [2.75, 3.05) is 6.61 Å². The van der Waals surface area contributed by atoms with Gasteiger partial charge in [0.15, 0.2) is 24.0 Å². The zero-order chi connectivity index (χ0) is 19.4. The average Bonchev–Trinajstić information content (AvgIpc) is 3.13. The Labute approximate surface area is 155 Å². The van der Waals surface area contributed by atoms with Gasteiger partial charge in [0.2, 0.25) is 5.60 Å². The van der Waals surface area contributed by atoms with Crippen LogP contribution in [0.5, 0.6) is 0 Å². The molecule has 146 valence electrons. The molecule has 0 unspecified atom stereocenters. The fourth-order valence-electron chi connectivity index (χ4n) is 3.38. The van der Waals surface area contributed by atoms with Crippen molar-refractivity contribution >= 4 is 22.1 Å². The zero-order valence-corrected chi connectivity index (χ0v) is 15.3. The van der Waals surface area contributed by atoms with Crippen LogP contribution < -0.4 is 5.73 Å². The Hall–Kier alpha value is -2.05. The molecule has 2 saturated heterocycles. The number of carbonyl (C=O) groups excluding carboxylic acids is 1. The molecular weight excluding hydrogens is 380 g/mol. The Morgan fingerprint density at radius 1 is 1.26 bits per heavy atom. The van der Waals surface area contributed by atoms with E-state index in [0.29, 0.717) is 5.56 Å². The van der Waals surface area contributed by atoms with E-state index in [2.05, 4.69) is 4.40 Å². The van der Waals surface area contributed by atoms with Crippen LogP contribution in [0.4, 0.5) is 0 Å². The lowest BCUT2D eigenvalue weighted by Gasteiger charge is -2.31. The molecule has 27 heavy (non-hydrogen) atoms. The maximum absolute atomic E-state index is 12.2. The molecular formula is C16H18N2O8S. The molecule has 3 heterocycles. The van der Waals surface area contributed by atoms with E-state index < -0.39 is 46.2 Å².